The second-order valence-electron chi connectivity index (χ2n) is 7.09. The summed E-state index contributed by atoms with van der Waals surface area (Å²) >= 11 is 0. The third kappa shape index (κ3) is 8.22. The highest BCUT2D eigenvalue weighted by Gasteiger charge is 2.28. The third-order valence-corrected chi connectivity index (χ3v) is 3.42. The molecule has 128 valence electrons. The molecule has 1 aliphatic rings. The molecular weight excluding hydrogens is 278 g/mol. The number of nitrogens with zero attached hydrogens (tertiary/aromatic N) is 2. The Morgan fingerprint density at radius 3 is 2.36 bits per heavy atom. The first kappa shape index (κ1) is 18.7. The standard InChI is InChI=1S/C16H33N5O/c1-6-17-15(20-11-16(2,3)12-21(4)5)19-10-9-18-14(22)13-7-8-13/h13H,6-12H2,1-5H3,(H,18,22)(H2,17,19,20). The summed E-state index contributed by atoms with van der Waals surface area (Å²) in [5.74, 6) is 1.28. The monoisotopic (exact) mass is 311 g/mol. The molecule has 0 heterocycles. The van der Waals surface area contributed by atoms with E-state index in [9.17, 15) is 4.79 Å². The molecule has 22 heavy (non-hydrogen) atoms. The summed E-state index contributed by atoms with van der Waals surface area (Å²) in [5.41, 5.74) is 0.131. The van der Waals surface area contributed by atoms with Crippen LogP contribution in [0.2, 0.25) is 0 Å². The normalized spacial score (nSPS) is 15.8. The Kier molecular flexibility index (Phi) is 7.65. The van der Waals surface area contributed by atoms with Gasteiger partial charge in [-0.2, -0.15) is 0 Å². The first-order valence-corrected chi connectivity index (χ1v) is 8.28. The van der Waals surface area contributed by atoms with Gasteiger partial charge in [-0.3, -0.25) is 9.79 Å². The molecule has 0 bridgehead atoms. The Morgan fingerprint density at radius 2 is 1.82 bits per heavy atom. The molecule has 0 aromatic heterocycles. The van der Waals surface area contributed by atoms with Crippen LogP contribution in [0, 0.1) is 11.3 Å². The van der Waals surface area contributed by atoms with Crippen LogP contribution in [0.15, 0.2) is 4.99 Å². The smallest absolute Gasteiger partial charge is 0.223 e. The fourth-order valence-electron chi connectivity index (χ4n) is 2.40. The molecule has 1 amide bonds. The van der Waals surface area contributed by atoms with Crippen LogP contribution in [-0.2, 0) is 4.79 Å². The number of amides is 1. The Hall–Kier alpha value is -1.30. The van der Waals surface area contributed by atoms with Crippen molar-refractivity contribution in [2.24, 2.45) is 16.3 Å². The minimum absolute atomic E-state index is 0.131. The van der Waals surface area contributed by atoms with Crippen molar-refractivity contribution in [2.45, 2.75) is 33.6 Å². The number of aliphatic imine (C=N–C) groups is 1. The van der Waals surface area contributed by atoms with Crippen molar-refractivity contribution in [1.29, 1.82) is 0 Å². The van der Waals surface area contributed by atoms with Gasteiger partial charge >= 0.3 is 0 Å². The zero-order valence-electron chi connectivity index (χ0n) is 14.8. The SMILES string of the molecule is CCNC(=NCC(C)(C)CN(C)C)NCCNC(=O)C1CC1. The van der Waals surface area contributed by atoms with E-state index in [4.69, 9.17) is 0 Å². The van der Waals surface area contributed by atoms with Crippen LogP contribution >= 0.6 is 0 Å². The molecule has 0 atom stereocenters. The van der Waals surface area contributed by atoms with Gasteiger partial charge in [0.25, 0.3) is 0 Å². The van der Waals surface area contributed by atoms with Crippen LogP contribution in [0.5, 0.6) is 0 Å². The van der Waals surface area contributed by atoms with E-state index in [1.54, 1.807) is 0 Å². The second kappa shape index (κ2) is 8.98. The highest BCUT2D eigenvalue weighted by atomic mass is 16.2. The minimum Gasteiger partial charge on any atom is -0.357 e. The van der Waals surface area contributed by atoms with Gasteiger partial charge in [-0.25, -0.2) is 0 Å². The summed E-state index contributed by atoms with van der Waals surface area (Å²) in [6, 6.07) is 0. The summed E-state index contributed by atoms with van der Waals surface area (Å²) in [7, 11) is 4.16. The topological polar surface area (TPSA) is 68.8 Å². The number of carbonyl (C=O) groups excluding carboxylic acids is 1. The van der Waals surface area contributed by atoms with Crippen LogP contribution in [-0.4, -0.2) is 63.6 Å². The lowest BCUT2D eigenvalue weighted by atomic mass is 9.93. The Bertz CT molecular complexity index is 375. The molecule has 6 nitrogen and oxygen atoms in total. The van der Waals surface area contributed by atoms with Crippen molar-refractivity contribution in [2.75, 3.05) is 46.8 Å². The predicted molar refractivity (Wildman–Crippen MR) is 92.1 cm³/mol. The molecule has 0 saturated heterocycles. The molecule has 6 heteroatoms. The number of carbonyl (C=O) groups is 1. The predicted octanol–water partition coefficient (Wildman–Crippen LogP) is 0.656. The average Bonchev–Trinajstić information content (AvgIpc) is 3.23. The summed E-state index contributed by atoms with van der Waals surface area (Å²) in [6.45, 7) is 10.4. The number of hydrogen-bond acceptors (Lipinski definition) is 3. The van der Waals surface area contributed by atoms with Crippen LogP contribution in [0.3, 0.4) is 0 Å². The quantitative estimate of drug-likeness (QED) is 0.332. The number of nitrogens with one attached hydrogen (secondary N) is 3. The summed E-state index contributed by atoms with van der Waals surface area (Å²) in [5, 5.41) is 9.47. The molecule has 0 aromatic carbocycles. The van der Waals surface area contributed by atoms with E-state index in [0.717, 1.165) is 38.4 Å². The van der Waals surface area contributed by atoms with Crippen LogP contribution in [0.25, 0.3) is 0 Å². The third-order valence-electron chi connectivity index (χ3n) is 3.42. The Morgan fingerprint density at radius 1 is 1.18 bits per heavy atom. The molecule has 0 unspecified atom stereocenters. The number of rotatable bonds is 9. The molecular formula is C16H33N5O. The second-order valence-corrected chi connectivity index (χ2v) is 7.09. The molecule has 1 rings (SSSR count). The summed E-state index contributed by atoms with van der Waals surface area (Å²) in [6.07, 6.45) is 2.09. The van der Waals surface area contributed by atoms with Gasteiger partial charge in [-0.15, -0.1) is 0 Å². The Labute approximate surface area is 135 Å². The first-order valence-electron chi connectivity index (χ1n) is 8.28. The molecule has 0 radical (unpaired) electrons. The van der Waals surface area contributed by atoms with Crippen molar-refractivity contribution < 1.29 is 4.79 Å². The molecule has 3 N–H and O–H groups in total. The van der Waals surface area contributed by atoms with Gasteiger partial charge in [0.2, 0.25) is 5.91 Å². The van der Waals surface area contributed by atoms with Gasteiger partial charge in [0.1, 0.15) is 0 Å². The highest BCUT2D eigenvalue weighted by molar-refractivity contribution is 5.81. The average molecular weight is 311 g/mol. The molecule has 1 aliphatic carbocycles. The lowest BCUT2D eigenvalue weighted by molar-refractivity contribution is -0.122. The lowest BCUT2D eigenvalue weighted by Crippen LogP contribution is -2.42. The maximum atomic E-state index is 11.5. The van der Waals surface area contributed by atoms with E-state index < -0.39 is 0 Å². The van der Waals surface area contributed by atoms with E-state index >= 15 is 0 Å². The van der Waals surface area contributed by atoms with Crippen LogP contribution in [0.4, 0.5) is 0 Å². The van der Waals surface area contributed by atoms with Crippen molar-refractivity contribution in [3.8, 4) is 0 Å². The first-order chi connectivity index (χ1) is 10.3. The van der Waals surface area contributed by atoms with Crippen LogP contribution in [0.1, 0.15) is 33.6 Å². The molecule has 1 fully saturated rings. The van der Waals surface area contributed by atoms with Crippen LogP contribution < -0.4 is 16.0 Å². The van der Waals surface area contributed by atoms with Crippen molar-refractivity contribution in [3.63, 3.8) is 0 Å². The van der Waals surface area contributed by atoms with Gasteiger partial charge < -0.3 is 20.9 Å². The zero-order valence-corrected chi connectivity index (χ0v) is 14.8. The fraction of sp³-hybridized carbons (Fsp3) is 0.875. The van der Waals surface area contributed by atoms with E-state index in [-0.39, 0.29) is 17.2 Å². The minimum atomic E-state index is 0.131. The van der Waals surface area contributed by atoms with E-state index in [2.05, 4.69) is 60.7 Å². The van der Waals surface area contributed by atoms with E-state index in [1.807, 2.05) is 0 Å². The number of guanidine groups is 1. The lowest BCUT2D eigenvalue weighted by Gasteiger charge is -2.26. The fourth-order valence-corrected chi connectivity index (χ4v) is 2.40. The maximum Gasteiger partial charge on any atom is 0.223 e. The van der Waals surface area contributed by atoms with Gasteiger partial charge in [0.15, 0.2) is 5.96 Å². The van der Waals surface area contributed by atoms with Gasteiger partial charge in [0.05, 0.1) is 0 Å². The van der Waals surface area contributed by atoms with Gasteiger partial charge in [-0.05, 0) is 39.3 Å². The summed E-state index contributed by atoms with van der Waals surface area (Å²) < 4.78 is 0. The summed E-state index contributed by atoms with van der Waals surface area (Å²) in [4.78, 5) is 18.4. The van der Waals surface area contributed by atoms with E-state index in [1.165, 1.54) is 0 Å². The van der Waals surface area contributed by atoms with Gasteiger partial charge in [0, 0.05) is 38.6 Å². The largest absolute Gasteiger partial charge is 0.357 e. The van der Waals surface area contributed by atoms with E-state index in [0.29, 0.717) is 13.1 Å². The van der Waals surface area contributed by atoms with Crippen molar-refractivity contribution in [1.82, 2.24) is 20.9 Å². The molecule has 0 aliphatic heterocycles. The highest BCUT2D eigenvalue weighted by Crippen LogP contribution is 2.28. The maximum absolute atomic E-state index is 11.5. The molecule has 0 aromatic rings. The van der Waals surface area contributed by atoms with Crippen molar-refractivity contribution in [3.05, 3.63) is 0 Å². The molecule has 0 spiro atoms. The Balaban J connectivity index is 2.32. The van der Waals surface area contributed by atoms with Crippen molar-refractivity contribution >= 4 is 11.9 Å². The molecule has 1 saturated carbocycles. The number of hydrogen-bond donors (Lipinski definition) is 3. The van der Waals surface area contributed by atoms with Gasteiger partial charge in [-0.1, -0.05) is 13.8 Å². The zero-order chi connectivity index (χ0) is 16.6.